The molecule has 0 N–H and O–H groups in total. The molecule has 7 heteroatoms. The molecular formula is C21H18O7. The molecule has 0 bridgehead atoms. The lowest BCUT2D eigenvalue weighted by Crippen LogP contribution is -2.53. The van der Waals surface area contributed by atoms with Crippen LogP contribution in [0.4, 0.5) is 0 Å². The van der Waals surface area contributed by atoms with Crippen molar-refractivity contribution in [2.75, 3.05) is 14.2 Å². The first kappa shape index (κ1) is 18.2. The molecular weight excluding hydrogens is 364 g/mol. The van der Waals surface area contributed by atoms with Crippen LogP contribution < -0.4 is 4.74 Å². The lowest BCUT2D eigenvalue weighted by Gasteiger charge is -2.34. The normalized spacial score (nSPS) is 24.5. The van der Waals surface area contributed by atoms with Crippen molar-refractivity contribution in [1.29, 1.82) is 0 Å². The fourth-order valence-electron chi connectivity index (χ4n) is 4.05. The zero-order chi connectivity index (χ0) is 19.9. The Balaban J connectivity index is 1.95. The second kappa shape index (κ2) is 6.76. The summed E-state index contributed by atoms with van der Waals surface area (Å²) in [5, 5.41) is 0. The predicted molar refractivity (Wildman–Crippen MR) is 95.4 cm³/mol. The van der Waals surface area contributed by atoms with Crippen molar-refractivity contribution in [2.24, 2.45) is 11.3 Å². The van der Waals surface area contributed by atoms with E-state index in [0.717, 1.165) is 14.2 Å². The molecule has 0 spiro atoms. The van der Waals surface area contributed by atoms with Crippen molar-refractivity contribution < 1.29 is 33.3 Å². The number of carbonyl (C=O) groups is 3. The molecule has 0 amide bonds. The van der Waals surface area contributed by atoms with Crippen LogP contribution in [-0.2, 0) is 23.8 Å². The van der Waals surface area contributed by atoms with E-state index in [-0.39, 0.29) is 5.56 Å². The second-order valence-electron chi connectivity index (χ2n) is 6.60. The summed E-state index contributed by atoms with van der Waals surface area (Å²) < 4.78 is 21.8. The number of rotatable bonds is 3. The summed E-state index contributed by atoms with van der Waals surface area (Å²) in [6.45, 7) is 0. The fourth-order valence-corrected chi connectivity index (χ4v) is 4.05. The first-order chi connectivity index (χ1) is 13.6. The minimum absolute atomic E-state index is 0.276. The molecule has 0 unspecified atom stereocenters. The van der Waals surface area contributed by atoms with Gasteiger partial charge in [0.25, 0.3) is 0 Å². The van der Waals surface area contributed by atoms with Gasteiger partial charge in [0.1, 0.15) is 17.8 Å². The van der Waals surface area contributed by atoms with Crippen LogP contribution in [0.25, 0.3) is 0 Å². The molecule has 0 saturated carbocycles. The van der Waals surface area contributed by atoms with Gasteiger partial charge in [0, 0.05) is 0 Å². The highest BCUT2D eigenvalue weighted by Gasteiger charge is 2.72. The quantitative estimate of drug-likeness (QED) is 0.594. The number of para-hydroxylation sites is 1. The van der Waals surface area contributed by atoms with E-state index in [0.29, 0.717) is 11.3 Å². The molecule has 7 nitrogen and oxygen atoms in total. The van der Waals surface area contributed by atoms with Crippen LogP contribution in [0.15, 0.2) is 54.6 Å². The van der Waals surface area contributed by atoms with E-state index in [1.807, 2.05) is 0 Å². The molecule has 1 saturated heterocycles. The number of esters is 2. The smallest absolute Gasteiger partial charge is 0.327 e. The Morgan fingerprint density at radius 3 is 2.18 bits per heavy atom. The zero-order valence-electron chi connectivity index (χ0n) is 15.3. The summed E-state index contributed by atoms with van der Waals surface area (Å²) >= 11 is 0. The number of ketones is 1. The van der Waals surface area contributed by atoms with Crippen LogP contribution in [0.5, 0.6) is 5.75 Å². The number of Topliss-reactive ketones (excluding diaryl/α,β-unsaturated/α-hetero) is 1. The van der Waals surface area contributed by atoms with E-state index in [4.69, 9.17) is 18.9 Å². The third kappa shape index (κ3) is 2.36. The van der Waals surface area contributed by atoms with E-state index in [9.17, 15) is 14.4 Å². The largest absolute Gasteiger partial charge is 0.468 e. The van der Waals surface area contributed by atoms with Crippen molar-refractivity contribution in [3.05, 3.63) is 65.7 Å². The van der Waals surface area contributed by atoms with Crippen molar-refractivity contribution in [1.82, 2.24) is 0 Å². The summed E-state index contributed by atoms with van der Waals surface area (Å²) in [6.07, 6.45) is -2.24. The molecule has 144 valence electrons. The predicted octanol–water partition coefficient (Wildman–Crippen LogP) is 2.31. The van der Waals surface area contributed by atoms with Crippen molar-refractivity contribution in [2.45, 2.75) is 12.4 Å². The number of methoxy groups -OCH3 is 2. The highest BCUT2D eigenvalue weighted by molar-refractivity contribution is 6.11. The Labute approximate surface area is 161 Å². The van der Waals surface area contributed by atoms with Gasteiger partial charge in [-0.2, -0.15) is 0 Å². The molecule has 1 fully saturated rings. The van der Waals surface area contributed by atoms with E-state index in [1.54, 1.807) is 54.6 Å². The Morgan fingerprint density at radius 2 is 1.54 bits per heavy atom. The zero-order valence-corrected chi connectivity index (χ0v) is 15.3. The maximum Gasteiger partial charge on any atom is 0.327 e. The number of hydrogen-bond donors (Lipinski definition) is 0. The summed E-state index contributed by atoms with van der Waals surface area (Å²) in [6, 6.07) is 15.3. The van der Waals surface area contributed by atoms with Gasteiger partial charge in [-0.05, 0) is 17.7 Å². The molecule has 4 rings (SSSR count). The Kier molecular flexibility index (Phi) is 4.39. The van der Waals surface area contributed by atoms with Crippen LogP contribution in [0.1, 0.15) is 22.0 Å². The molecule has 2 aromatic rings. The van der Waals surface area contributed by atoms with Crippen molar-refractivity contribution in [3.63, 3.8) is 0 Å². The summed E-state index contributed by atoms with van der Waals surface area (Å²) in [7, 11) is 2.31. The van der Waals surface area contributed by atoms with E-state index in [2.05, 4.69) is 0 Å². The van der Waals surface area contributed by atoms with E-state index < -0.39 is 41.4 Å². The van der Waals surface area contributed by atoms with Gasteiger partial charge >= 0.3 is 11.9 Å². The fraction of sp³-hybridized carbons (Fsp3) is 0.286. The van der Waals surface area contributed by atoms with Gasteiger partial charge < -0.3 is 18.9 Å². The molecule has 3 atom stereocenters. The summed E-state index contributed by atoms with van der Waals surface area (Å²) in [5.41, 5.74) is -1.22. The minimum Gasteiger partial charge on any atom is -0.468 e. The van der Waals surface area contributed by atoms with Crippen molar-refractivity contribution >= 4 is 17.7 Å². The molecule has 0 radical (unpaired) electrons. The van der Waals surface area contributed by atoms with Crippen LogP contribution in [0, 0.1) is 11.3 Å². The second-order valence-corrected chi connectivity index (χ2v) is 6.60. The average Bonchev–Trinajstić information content (AvgIpc) is 3.09. The molecule has 28 heavy (non-hydrogen) atoms. The third-order valence-corrected chi connectivity index (χ3v) is 5.27. The molecule has 2 heterocycles. The highest BCUT2D eigenvalue weighted by atomic mass is 16.7. The van der Waals surface area contributed by atoms with Crippen LogP contribution >= 0.6 is 0 Å². The molecule has 2 aromatic carbocycles. The maximum atomic E-state index is 13.4. The number of fused-ring (bicyclic) bond motifs is 2. The molecule has 0 aromatic heterocycles. The standard InChI is InChI=1S/C21H18O7/c1-25-19(23)21(20(24)26-2)15-16(22)13-10-6-7-11-14(13)27-18(15)28-17(21)12-8-4-3-5-9-12/h3-11,15,17-18H,1-2H3/t15-,17+,18+/m1/s1. The third-order valence-electron chi connectivity index (χ3n) is 5.27. The first-order valence-corrected chi connectivity index (χ1v) is 8.72. The van der Waals surface area contributed by atoms with Gasteiger partial charge in [-0.1, -0.05) is 42.5 Å². The van der Waals surface area contributed by atoms with Gasteiger partial charge in [-0.15, -0.1) is 0 Å². The van der Waals surface area contributed by atoms with Gasteiger partial charge in [-0.3, -0.25) is 14.4 Å². The van der Waals surface area contributed by atoms with Gasteiger partial charge in [0.05, 0.1) is 19.8 Å². The molecule has 2 aliphatic rings. The Bertz CT molecular complexity index is 921. The van der Waals surface area contributed by atoms with Crippen molar-refractivity contribution in [3.8, 4) is 5.75 Å². The lowest BCUT2D eigenvalue weighted by molar-refractivity contribution is -0.175. The number of hydrogen-bond acceptors (Lipinski definition) is 7. The first-order valence-electron chi connectivity index (χ1n) is 8.72. The lowest BCUT2D eigenvalue weighted by atomic mass is 9.67. The number of benzene rings is 2. The van der Waals surface area contributed by atoms with Gasteiger partial charge in [-0.25, -0.2) is 0 Å². The Morgan fingerprint density at radius 1 is 0.929 bits per heavy atom. The summed E-state index contributed by atoms with van der Waals surface area (Å²) in [4.78, 5) is 39.4. The Hall–Kier alpha value is -3.19. The van der Waals surface area contributed by atoms with Gasteiger partial charge in [0.15, 0.2) is 5.78 Å². The van der Waals surface area contributed by atoms with E-state index >= 15 is 0 Å². The topological polar surface area (TPSA) is 88.1 Å². The van der Waals surface area contributed by atoms with Crippen LogP contribution in [0.2, 0.25) is 0 Å². The van der Waals surface area contributed by atoms with Crippen LogP contribution in [0.3, 0.4) is 0 Å². The highest BCUT2D eigenvalue weighted by Crippen LogP contribution is 2.56. The van der Waals surface area contributed by atoms with Crippen LogP contribution in [-0.4, -0.2) is 38.2 Å². The maximum absolute atomic E-state index is 13.4. The minimum atomic E-state index is -2.03. The number of ether oxygens (including phenoxy) is 4. The SMILES string of the molecule is COC(=O)C1(C(=O)OC)[C@@H]2C(=O)c3ccccc3O[C@H]2O[C@H]1c1ccccc1. The average molecular weight is 382 g/mol. The van der Waals surface area contributed by atoms with Gasteiger partial charge in [0.2, 0.25) is 11.7 Å². The molecule has 0 aliphatic carbocycles. The summed E-state index contributed by atoms with van der Waals surface area (Å²) in [5.74, 6) is -3.14. The number of carbonyl (C=O) groups excluding carboxylic acids is 3. The molecule has 2 aliphatic heterocycles. The monoisotopic (exact) mass is 382 g/mol. The van der Waals surface area contributed by atoms with E-state index in [1.165, 1.54) is 0 Å².